The monoisotopic (exact) mass is 157 g/mol. The second kappa shape index (κ2) is 9.37. The highest BCUT2D eigenvalue weighted by Crippen LogP contribution is 2.02. The fourth-order valence-electron chi connectivity index (χ4n) is 0.581. The van der Waals surface area contributed by atoms with Crippen LogP contribution in [0.25, 0.3) is 0 Å². The van der Waals surface area contributed by atoms with Gasteiger partial charge in [-0.2, -0.15) is 0 Å². The first-order valence-electron chi connectivity index (χ1n) is 4.04. The molecular formula is C9H19NO. The van der Waals surface area contributed by atoms with E-state index in [2.05, 4.69) is 6.58 Å². The maximum absolute atomic E-state index is 10.00. The van der Waals surface area contributed by atoms with Crippen molar-refractivity contribution < 1.29 is 4.79 Å². The Hall–Kier alpha value is -0.630. The van der Waals surface area contributed by atoms with E-state index in [1.165, 1.54) is 0 Å². The molecule has 0 fully saturated rings. The Bertz CT molecular complexity index is 89.7. The molecule has 0 aliphatic carbocycles. The average Bonchev–Trinajstić information content (AvgIpc) is 2.07. The van der Waals surface area contributed by atoms with Crippen molar-refractivity contribution in [2.45, 2.75) is 33.2 Å². The van der Waals surface area contributed by atoms with Gasteiger partial charge in [-0.1, -0.05) is 26.8 Å². The van der Waals surface area contributed by atoms with Crippen LogP contribution in [-0.2, 0) is 4.79 Å². The van der Waals surface area contributed by atoms with Gasteiger partial charge in [-0.25, -0.2) is 0 Å². The van der Waals surface area contributed by atoms with Crippen LogP contribution in [-0.4, -0.2) is 12.3 Å². The maximum Gasteiger partial charge on any atom is 0.136 e. The first kappa shape index (κ1) is 13.0. The highest BCUT2D eigenvalue weighted by atomic mass is 16.1. The average molecular weight is 157 g/mol. The zero-order valence-electron chi connectivity index (χ0n) is 7.71. The summed E-state index contributed by atoms with van der Waals surface area (Å²) in [6, 6.07) is -0.321. The number of carbonyl (C=O) groups is 1. The van der Waals surface area contributed by atoms with Crippen molar-refractivity contribution in [3.05, 3.63) is 12.7 Å². The molecule has 0 bridgehead atoms. The Labute approximate surface area is 69.5 Å². The van der Waals surface area contributed by atoms with Crippen LogP contribution < -0.4 is 5.73 Å². The molecule has 2 atom stereocenters. The summed E-state index contributed by atoms with van der Waals surface area (Å²) >= 11 is 0. The molecule has 0 aromatic heterocycles. The van der Waals surface area contributed by atoms with Gasteiger partial charge in [0.1, 0.15) is 6.29 Å². The fourth-order valence-corrected chi connectivity index (χ4v) is 0.581. The molecule has 0 aromatic carbocycles. The maximum atomic E-state index is 10.00. The zero-order chi connectivity index (χ0) is 9.28. The molecule has 0 saturated carbocycles. The van der Waals surface area contributed by atoms with Crippen molar-refractivity contribution in [2.24, 2.45) is 11.7 Å². The van der Waals surface area contributed by atoms with Crippen molar-refractivity contribution in [1.29, 1.82) is 0 Å². The Morgan fingerprint density at radius 1 is 1.55 bits per heavy atom. The van der Waals surface area contributed by atoms with Crippen molar-refractivity contribution in [3.63, 3.8) is 0 Å². The molecule has 11 heavy (non-hydrogen) atoms. The summed E-state index contributed by atoms with van der Waals surface area (Å²) in [5.41, 5.74) is 5.33. The second-order valence-electron chi connectivity index (χ2n) is 2.25. The molecule has 0 amide bonds. The third-order valence-corrected chi connectivity index (χ3v) is 1.22. The van der Waals surface area contributed by atoms with E-state index in [1.807, 2.05) is 20.8 Å². The zero-order valence-corrected chi connectivity index (χ0v) is 7.71. The number of aldehydes is 1. The summed E-state index contributed by atoms with van der Waals surface area (Å²) in [5, 5.41) is 0. The van der Waals surface area contributed by atoms with Crippen LogP contribution in [0.5, 0.6) is 0 Å². The third kappa shape index (κ3) is 9.37. The summed E-state index contributed by atoms with van der Waals surface area (Å²) in [6.45, 7) is 9.56. The smallest absolute Gasteiger partial charge is 0.136 e. The molecular weight excluding hydrogens is 138 g/mol. The normalized spacial score (nSPS) is 13.8. The number of rotatable bonds is 4. The molecule has 66 valence electrons. The summed E-state index contributed by atoms with van der Waals surface area (Å²) in [5.74, 6) is 0.338. The minimum atomic E-state index is -0.321. The molecule has 0 saturated heterocycles. The van der Waals surface area contributed by atoms with Crippen LogP contribution in [0.3, 0.4) is 0 Å². The standard InChI is InChI=1S/C7H13NO.C2H6/c1-3-6(2)4-7(8)5-9;1-2/h3,5-7H,1,4,8H2,2H3;1-2H3/t6?,7-;/m0./s1. The number of nitrogens with two attached hydrogens (primary N) is 1. The van der Waals surface area contributed by atoms with Crippen LogP contribution in [0.4, 0.5) is 0 Å². The van der Waals surface area contributed by atoms with E-state index in [0.29, 0.717) is 12.3 Å². The van der Waals surface area contributed by atoms with Crippen molar-refractivity contribution >= 4 is 6.29 Å². The number of hydrogen-bond acceptors (Lipinski definition) is 2. The van der Waals surface area contributed by atoms with Crippen LogP contribution in [0.1, 0.15) is 27.2 Å². The lowest BCUT2D eigenvalue weighted by Crippen LogP contribution is -2.23. The molecule has 0 aromatic rings. The molecule has 1 unspecified atom stereocenters. The third-order valence-electron chi connectivity index (χ3n) is 1.22. The summed E-state index contributed by atoms with van der Waals surface area (Å²) in [4.78, 5) is 10.00. The lowest BCUT2D eigenvalue weighted by atomic mass is 10.0. The lowest BCUT2D eigenvalue weighted by molar-refractivity contribution is -0.109. The topological polar surface area (TPSA) is 43.1 Å². The van der Waals surface area contributed by atoms with Crippen LogP contribution >= 0.6 is 0 Å². The van der Waals surface area contributed by atoms with Gasteiger partial charge >= 0.3 is 0 Å². The van der Waals surface area contributed by atoms with Gasteiger partial charge in [0.25, 0.3) is 0 Å². The Morgan fingerprint density at radius 3 is 2.27 bits per heavy atom. The van der Waals surface area contributed by atoms with Crippen molar-refractivity contribution in [3.8, 4) is 0 Å². The Morgan fingerprint density at radius 2 is 2.00 bits per heavy atom. The molecule has 0 spiro atoms. The molecule has 2 N–H and O–H groups in total. The number of hydrogen-bond donors (Lipinski definition) is 1. The predicted octanol–water partition coefficient (Wildman–Crippen LogP) is 1.75. The Kier molecular flexibility index (Phi) is 11.1. The van der Waals surface area contributed by atoms with E-state index in [1.54, 1.807) is 6.08 Å². The van der Waals surface area contributed by atoms with Crippen molar-refractivity contribution in [1.82, 2.24) is 0 Å². The number of allylic oxidation sites excluding steroid dienone is 1. The highest BCUT2D eigenvalue weighted by Gasteiger charge is 2.02. The summed E-state index contributed by atoms with van der Waals surface area (Å²) in [7, 11) is 0. The molecule has 0 rings (SSSR count). The van der Waals surface area contributed by atoms with Crippen LogP contribution in [0.2, 0.25) is 0 Å². The molecule has 0 radical (unpaired) electrons. The lowest BCUT2D eigenvalue weighted by Gasteiger charge is -2.06. The van der Waals surface area contributed by atoms with E-state index >= 15 is 0 Å². The van der Waals surface area contributed by atoms with E-state index < -0.39 is 0 Å². The molecule has 2 nitrogen and oxygen atoms in total. The van der Waals surface area contributed by atoms with E-state index in [9.17, 15) is 4.79 Å². The highest BCUT2D eigenvalue weighted by molar-refractivity contribution is 5.56. The molecule has 2 heteroatoms. The molecule has 0 aliphatic rings. The fraction of sp³-hybridized carbons (Fsp3) is 0.667. The van der Waals surface area contributed by atoms with E-state index in [0.717, 1.165) is 6.29 Å². The second-order valence-corrected chi connectivity index (χ2v) is 2.25. The van der Waals surface area contributed by atoms with Gasteiger partial charge in [0, 0.05) is 0 Å². The van der Waals surface area contributed by atoms with Gasteiger partial charge < -0.3 is 10.5 Å². The van der Waals surface area contributed by atoms with Gasteiger partial charge in [-0.05, 0) is 12.3 Å². The van der Waals surface area contributed by atoms with Gasteiger partial charge in [0.05, 0.1) is 6.04 Å². The van der Waals surface area contributed by atoms with Crippen LogP contribution in [0, 0.1) is 5.92 Å². The minimum Gasteiger partial charge on any atom is -0.322 e. The minimum absolute atomic E-state index is 0.321. The summed E-state index contributed by atoms with van der Waals surface area (Å²) in [6.07, 6.45) is 3.26. The first-order chi connectivity index (χ1) is 5.20. The Balaban J connectivity index is 0. The van der Waals surface area contributed by atoms with Crippen molar-refractivity contribution in [2.75, 3.05) is 0 Å². The van der Waals surface area contributed by atoms with Gasteiger partial charge in [-0.15, -0.1) is 6.58 Å². The van der Waals surface area contributed by atoms with Gasteiger partial charge in [-0.3, -0.25) is 0 Å². The summed E-state index contributed by atoms with van der Waals surface area (Å²) < 4.78 is 0. The van der Waals surface area contributed by atoms with E-state index in [-0.39, 0.29) is 6.04 Å². The predicted molar refractivity (Wildman–Crippen MR) is 49.4 cm³/mol. The molecule has 0 heterocycles. The van der Waals surface area contributed by atoms with Crippen LogP contribution in [0.15, 0.2) is 12.7 Å². The van der Waals surface area contributed by atoms with Gasteiger partial charge in [0.2, 0.25) is 0 Å². The quantitative estimate of drug-likeness (QED) is 0.499. The SMILES string of the molecule is C=CC(C)C[C@H](N)C=O.CC. The number of carbonyl (C=O) groups excluding carboxylic acids is 1. The molecule has 0 aliphatic heterocycles. The largest absolute Gasteiger partial charge is 0.322 e. The van der Waals surface area contributed by atoms with E-state index in [4.69, 9.17) is 5.73 Å². The van der Waals surface area contributed by atoms with Gasteiger partial charge in [0.15, 0.2) is 0 Å². The first-order valence-corrected chi connectivity index (χ1v) is 4.04.